The Hall–Kier alpha value is -2.28. The number of rotatable bonds is 8. The molecule has 1 aromatic heterocycles. The van der Waals surface area contributed by atoms with E-state index >= 15 is 0 Å². The van der Waals surface area contributed by atoms with E-state index in [4.69, 9.17) is 0 Å². The number of amides is 4. The number of halogens is 1. The third kappa shape index (κ3) is 5.93. The van der Waals surface area contributed by atoms with Gasteiger partial charge in [-0.3, -0.25) is 9.36 Å². The number of benzene rings is 1. The Kier molecular flexibility index (Phi) is 8.58. The summed E-state index contributed by atoms with van der Waals surface area (Å²) in [5.41, 5.74) is 2.80. The molecule has 2 N–H and O–H groups in total. The molecule has 0 radical (unpaired) electrons. The summed E-state index contributed by atoms with van der Waals surface area (Å²) in [7, 11) is 0. The van der Waals surface area contributed by atoms with Gasteiger partial charge < -0.3 is 20.4 Å². The van der Waals surface area contributed by atoms with Crippen LogP contribution in [-0.4, -0.2) is 74.5 Å². The van der Waals surface area contributed by atoms with Gasteiger partial charge in [-0.1, -0.05) is 34.7 Å². The molecule has 2 aromatic rings. The first kappa shape index (κ1) is 25.8. The number of likely N-dealkylation sites (tertiary alicyclic amines) is 1. The van der Waals surface area contributed by atoms with Crippen LogP contribution in [0.1, 0.15) is 36.3 Å². The van der Waals surface area contributed by atoms with Gasteiger partial charge >= 0.3 is 12.1 Å². The third-order valence-corrected chi connectivity index (χ3v) is 8.10. The van der Waals surface area contributed by atoms with Crippen LogP contribution in [0.5, 0.6) is 0 Å². The standard InChI is InChI=1S/C24H31IN6O3S/c1-16-26-14-20-15-30(24(34)31(16)20)19-7-10-29(11-8-19)22(32)21(9-12-35-2)28-23(33)27-18-5-3-17(13-25)4-6-18/h3-6,14,19,21H,7-13,15H2,1-2H3,(H2,27,28,33)/t21-/m1/s1. The molecule has 11 heteroatoms. The molecular weight excluding hydrogens is 579 g/mol. The Labute approximate surface area is 223 Å². The van der Waals surface area contributed by atoms with Crippen LogP contribution in [0, 0.1) is 6.92 Å². The Morgan fingerprint density at radius 1 is 1.23 bits per heavy atom. The number of imidazole rings is 1. The lowest BCUT2D eigenvalue weighted by atomic mass is 10.0. The number of aryl methyl sites for hydroxylation is 1. The lowest BCUT2D eigenvalue weighted by Gasteiger charge is -2.37. The smallest absolute Gasteiger partial charge is 0.330 e. The molecule has 9 nitrogen and oxygen atoms in total. The number of hydrogen-bond donors (Lipinski definition) is 2. The number of hydrogen-bond acceptors (Lipinski definition) is 5. The normalized spacial score (nSPS) is 16.8. The van der Waals surface area contributed by atoms with Crippen LogP contribution in [0.25, 0.3) is 0 Å². The van der Waals surface area contributed by atoms with Gasteiger partial charge in [0.05, 0.1) is 18.4 Å². The molecule has 0 bridgehead atoms. The van der Waals surface area contributed by atoms with Crippen molar-refractivity contribution in [1.82, 2.24) is 24.7 Å². The van der Waals surface area contributed by atoms with Crippen LogP contribution in [0.2, 0.25) is 0 Å². The Balaban J connectivity index is 1.32. The van der Waals surface area contributed by atoms with Crippen LogP contribution in [0.15, 0.2) is 30.5 Å². The highest BCUT2D eigenvalue weighted by molar-refractivity contribution is 14.1. The van der Waals surface area contributed by atoms with Crippen molar-refractivity contribution in [2.24, 2.45) is 0 Å². The van der Waals surface area contributed by atoms with Crippen LogP contribution in [0.3, 0.4) is 0 Å². The van der Waals surface area contributed by atoms with Crippen LogP contribution in [0.4, 0.5) is 15.3 Å². The molecule has 4 amide bonds. The van der Waals surface area contributed by atoms with Gasteiger partial charge in [-0.25, -0.2) is 14.6 Å². The van der Waals surface area contributed by atoms with E-state index in [0.717, 1.165) is 28.7 Å². The van der Waals surface area contributed by atoms with Crippen molar-refractivity contribution in [2.75, 3.05) is 30.4 Å². The van der Waals surface area contributed by atoms with Crippen LogP contribution in [-0.2, 0) is 15.8 Å². The number of piperidine rings is 1. The van der Waals surface area contributed by atoms with Gasteiger partial charge in [0.1, 0.15) is 11.9 Å². The molecule has 0 aliphatic carbocycles. The highest BCUT2D eigenvalue weighted by atomic mass is 127. The molecule has 1 saturated heterocycles. The molecule has 2 aliphatic rings. The summed E-state index contributed by atoms with van der Waals surface area (Å²) in [6.07, 6.45) is 5.76. The van der Waals surface area contributed by atoms with E-state index in [1.54, 1.807) is 22.5 Å². The second kappa shape index (κ2) is 11.6. The molecule has 1 atom stereocenters. The average molecular weight is 611 g/mol. The van der Waals surface area contributed by atoms with E-state index < -0.39 is 6.04 Å². The zero-order chi connectivity index (χ0) is 24.9. The van der Waals surface area contributed by atoms with Crippen molar-refractivity contribution in [3.63, 3.8) is 0 Å². The number of nitrogens with one attached hydrogen (secondary N) is 2. The number of anilines is 1. The van der Waals surface area contributed by atoms with Gasteiger partial charge in [0.2, 0.25) is 5.91 Å². The fourth-order valence-corrected chi connectivity index (χ4v) is 5.61. The summed E-state index contributed by atoms with van der Waals surface area (Å²) >= 11 is 3.94. The van der Waals surface area contributed by atoms with Gasteiger partial charge in [0.25, 0.3) is 0 Å². The number of aromatic nitrogens is 2. The molecule has 0 unspecified atom stereocenters. The number of thioether (sulfide) groups is 1. The minimum Gasteiger partial charge on any atom is -0.341 e. The maximum absolute atomic E-state index is 13.3. The number of carbonyl (C=O) groups excluding carboxylic acids is 3. The summed E-state index contributed by atoms with van der Waals surface area (Å²) in [4.78, 5) is 46.8. The number of nitrogens with zero attached hydrogens (tertiary/aromatic N) is 4. The van der Waals surface area contributed by atoms with Gasteiger partial charge in [0.15, 0.2) is 0 Å². The molecule has 4 rings (SSSR count). The summed E-state index contributed by atoms with van der Waals surface area (Å²) in [6, 6.07) is 6.78. The minimum atomic E-state index is -0.587. The first-order valence-corrected chi connectivity index (χ1v) is 14.7. The lowest BCUT2D eigenvalue weighted by Crippen LogP contribution is -2.54. The van der Waals surface area contributed by atoms with Crippen LogP contribution < -0.4 is 10.6 Å². The second-order valence-corrected chi connectivity index (χ2v) is 10.6. The number of carbonyl (C=O) groups is 3. The van der Waals surface area contributed by atoms with E-state index in [0.29, 0.717) is 37.6 Å². The first-order valence-electron chi connectivity index (χ1n) is 11.8. The molecule has 3 heterocycles. The highest BCUT2D eigenvalue weighted by Gasteiger charge is 2.37. The fourth-order valence-electron chi connectivity index (χ4n) is 4.63. The zero-order valence-electron chi connectivity index (χ0n) is 20.0. The number of alkyl halides is 1. The Morgan fingerprint density at radius 2 is 1.94 bits per heavy atom. The summed E-state index contributed by atoms with van der Waals surface area (Å²) in [5, 5.41) is 5.72. The van der Waals surface area contributed by atoms with Gasteiger partial charge in [-0.15, -0.1) is 0 Å². The Morgan fingerprint density at radius 3 is 2.57 bits per heavy atom. The summed E-state index contributed by atoms with van der Waals surface area (Å²) in [5.74, 6) is 1.42. The maximum atomic E-state index is 13.3. The third-order valence-electron chi connectivity index (χ3n) is 6.58. The fraction of sp³-hybridized carbons (Fsp3) is 0.500. The predicted octanol–water partition coefficient (Wildman–Crippen LogP) is 3.84. The molecule has 0 spiro atoms. The van der Waals surface area contributed by atoms with E-state index in [-0.39, 0.29) is 24.0 Å². The van der Waals surface area contributed by atoms with Crippen molar-refractivity contribution < 1.29 is 14.4 Å². The SMILES string of the molecule is CSCC[C@@H](NC(=O)Nc1ccc(CI)cc1)C(=O)N1CCC(N2Cc3cnc(C)n3C2=O)CC1. The largest absolute Gasteiger partial charge is 0.341 e. The van der Waals surface area contributed by atoms with E-state index in [1.807, 2.05) is 47.2 Å². The topological polar surface area (TPSA) is 99.6 Å². The molecule has 35 heavy (non-hydrogen) atoms. The van der Waals surface area contributed by atoms with Gasteiger partial charge in [-0.05, 0) is 55.9 Å². The van der Waals surface area contributed by atoms with E-state index in [1.165, 1.54) is 5.56 Å². The minimum absolute atomic E-state index is 0.0255. The first-order chi connectivity index (χ1) is 16.9. The monoisotopic (exact) mass is 610 g/mol. The molecule has 0 saturated carbocycles. The quantitative estimate of drug-likeness (QED) is 0.350. The van der Waals surface area contributed by atoms with Crippen molar-refractivity contribution in [2.45, 2.75) is 49.2 Å². The van der Waals surface area contributed by atoms with E-state index in [9.17, 15) is 14.4 Å². The molecule has 2 aliphatic heterocycles. The average Bonchev–Trinajstić information content (AvgIpc) is 3.41. The lowest BCUT2D eigenvalue weighted by molar-refractivity contribution is -0.134. The van der Waals surface area contributed by atoms with Gasteiger partial charge in [0, 0.05) is 29.2 Å². The van der Waals surface area contributed by atoms with Crippen LogP contribution >= 0.6 is 34.4 Å². The zero-order valence-corrected chi connectivity index (χ0v) is 23.0. The molecule has 1 fully saturated rings. The number of fused-ring (bicyclic) bond motifs is 1. The summed E-state index contributed by atoms with van der Waals surface area (Å²) in [6.45, 7) is 3.53. The Bertz CT molecular complexity index is 1070. The predicted molar refractivity (Wildman–Crippen MR) is 146 cm³/mol. The molecule has 188 valence electrons. The molecule has 1 aromatic carbocycles. The van der Waals surface area contributed by atoms with Gasteiger partial charge in [-0.2, -0.15) is 11.8 Å². The molecular formula is C24H31IN6O3S. The van der Waals surface area contributed by atoms with Crippen molar-refractivity contribution in [3.8, 4) is 0 Å². The number of urea groups is 1. The van der Waals surface area contributed by atoms with Crippen molar-refractivity contribution in [1.29, 1.82) is 0 Å². The van der Waals surface area contributed by atoms with Crippen molar-refractivity contribution >= 4 is 58.0 Å². The van der Waals surface area contributed by atoms with E-state index in [2.05, 4.69) is 38.2 Å². The highest BCUT2D eigenvalue weighted by Crippen LogP contribution is 2.26. The second-order valence-electron chi connectivity index (χ2n) is 8.86. The maximum Gasteiger partial charge on any atom is 0.330 e. The summed E-state index contributed by atoms with van der Waals surface area (Å²) < 4.78 is 2.58. The van der Waals surface area contributed by atoms with Crippen molar-refractivity contribution in [3.05, 3.63) is 47.5 Å².